The molecule has 1 unspecified atom stereocenters. The molecule has 2 amide bonds. The van der Waals surface area contributed by atoms with E-state index in [4.69, 9.17) is 9.26 Å². The summed E-state index contributed by atoms with van der Waals surface area (Å²) in [5, 5.41) is 6.94. The highest BCUT2D eigenvalue weighted by Gasteiger charge is 2.30. The molecule has 4 rings (SSSR count). The van der Waals surface area contributed by atoms with Gasteiger partial charge in [0.15, 0.2) is 0 Å². The van der Waals surface area contributed by atoms with Crippen LogP contribution in [0.5, 0.6) is 5.75 Å². The van der Waals surface area contributed by atoms with Gasteiger partial charge in [0.05, 0.1) is 13.0 Å². The van der Waals surface area contributed by atoms with Crippen LogP contribution in [0.2, 0.25) is 0 Å². The molecular weight excluding hydrogens is 408 g/mol. The third-order valence-corrected chi connectivity index (χ3v) is 5.52. The van der Waals surface area contributed by atoms with Crippen LogP contribution in [0.4, 0.5) is 0 Å². The number of nitrogens with one attached hydrogen (secondary N) is 1. The molecule has 1 fully saturated rings. The minimum atomic E-state index is -0.235. The second kappa shape index (κ2) is 10.1. The fourth-order valence-corrected chi connectivity index (χ4v) is 3.77. The zero-order valence-corrected chi connectivity index (χ0v) is 18.0. The van der Waals surface area contributed by atoms with E-state index < -0.39 is 0 Å². The molecule has 0 bridgehead atoms. The van der Waals surface area contributed by atoms with E-state index in [2.05, 4.69) is 15.5 Å². The summed E-state index contributed by atoms with van der Waals surface area (Å²) in [5.41, 5.74) is 1.86. The molecule has 0 saturated carbocycles. The maximum atomic E-state index is 12.7. The Balaban J connectivity index is 1.28. The molecule has 8 heteroatoms. The van der Waals surface area contributed by atoms with Crippen LogP contribution in [0, 0.1) is 5.92 Å². The van der Waals surface area contributed by atoms with Gasteiger partial charge < -0.3 is 19.5 Å². The number of aromatic nitrogens is 2. The SMILES string of the molecule is COc1cccc(CN2CC(C(=O)NCCc3nc(-c4ccccc4)no3)CCC2=O)c1. The Hall–Kier alpha value is -3.68. The van der Waals surface area contributed by atoms with Gasteiger partial charge in [-0.1, -0.05) is 47.6 Å². The van der Waals surface area contributed by atoms with Crippen LogP contribution >= 0.6 is 0 Å². The second-order valence-corrected chi connectivity index (χ2v) is 7.78. The van der Waals surface area contributed by atoms with Gasteiger partial charge in [0.25, 0.3) is 0 Å². The van der Waals surface area contributed by atoms with Crippen molar-refractivity contribution >= 4 is 11.8 Å². The predicted molar refractivity (Wildman–Crippen MR) is 118 cm³/mol. The molecule has 0 spiro atoms. The van der Waals surface area contributed by atoms with E-state index in [1.165, 1.54) is 0 Å². The highest BCUT2D eigenvalue weighted by atomic mass is 16.5. The van der Waals surface area contributed by atoms with Crippen molar-refractivity contribution in [2.45, 2.75) is 25.8 Å². The van der Waals surface area contributed by atoms with Crippen LogP contribution in [-0.2, 0) is 22.6 Å². The smallest absolute Gasteiger partial charge is 0.228 e. The normalized spacial score (nSPS) is 16.1. The number of carbonyl (C=O) groups is 2. The van der Waals surface area contributed by atoms with E-state index >= 15 is 0 Å². The van der Waals surface area contributed by atoms with E-state index in [0.717, 1.165) is 16.9 Å². The molecule has 1 aromatic heterocycles. The zero-order chi connectivity index (χ0) is 22.3. The van der Waals surface area contributed by atoms with Gasteiger partial charge in [-0.15, -0.1) is 0 Å². The predicted octanol–water partition coefficient (Wildman–Crippen LogP) is 2.84. The summed E-state index contributed by atoms with van der Waals surface area (Å²) in [7, 11) is 1.61. The van der Waals surface area contributed by atoms with Crippen molar-refractivity contribution in [1.29, 1.82) is 0 Å². The number of hydrogen-bond acceptors (Lipinski definition) is 6. The third kappa shape index (κ3) is 5.32. The standard InChI is InChI=1S/C24H26N4O4/c1-31-20-9-5-6-17(14-20)15-28-16-19(10-11-22(28)29)24(30)25-13-12-21-26-23(27-32-21)18-7-3-2-4-8-18/h2-9,14,19H,10-13,15-16H2,1H3,(H,25,30). The number of ether oxygens (including phenoxy) is 1. The molecule has 1 aliphatic heterocycles. The quantitative estimate of drug-likeness (QED) is 0.586. The van der Waals surface area contributed by atoms with Crippen LogP contribution in [0.25, 0.3) is 11.4 Å². The van der Waals surface area contributed by atoms with E-state index in [1.54, 1.807) is 12.0 Å². The molecule has 0 aliphatic carbocycles. The number of methoxy groups -OCH3 is 1. The van der Waals surface area contributed by atoms with Gasteiger partial charge in [-0.2, -0.15) is 4.98 Å². The number of nitrogens with zero attached hydrogens (tertiary/aromatic N) is 3. The summed E-state index contributed by atoms with van der Waals surface area (Å²) in [6.45, 7) is 1.26. The number of benzene rings is 2. The van der Waals surface area contributed by atoms with Crippen molar-refractivity contribution in [2.75, 3.05) is 20.2 Å². The minimum absolute atomic E-state index is 0.0593. The van der Waals surface area contributed by atoms with Gasteiger partial charge >= 0.3 is 0 Å². The van der Waals surface area contributed by atoms with Crippen molar-refractivity contribution in [2.24, 2.45) is 5.92 Å². The van der Waals surface area contributed by atoms with E-state index in [0.29, 0.717) is 50.6 Å². The van der Waals surface area contributed by atoms with Crippen molar-refractivity contribution in [3.8, 4) is 17.1 Å². The summed E-state index contributed by atoms with van der Waals surface area (Å²) in [6.07, 6.45) is 1.37. The van der Waals surface area contributed by atoms with Gasteiger partial charge in [-0.25, -0.2) is 0 Å². The lowest BCUT2D eigenvalue weighted by Crippen LogP contribution is -2.45. The number of carbonyl (C=O) groups excluding carboxylic acids is 2. The number of rotatable bonds is 8. The lowest BCUT2D eigenvalue weighted by atomic mass is 9.96. The molecule has 3 aromatic rings. The molecule has 2 aromatic carbocycles. The summed E-state index contributed by atoms with van der Waals surface area (Å²) >= 11 is 0. The lowest BCUT2D eigenvalue weighted by Gasteiger charge is -2.32. The fraction of sp³-hybridized carbons (Fsp3) is 0.333. The highest BCUT2D eigenvalue weighted by Crippen LogP contribution is 2.22. The van der Waals surface area contributed by atoms with Gasteiger partial charge in [0, 0.05) is 38.0 Å². The van der Waals surface area contributed by atoms with Crippen LogP contribution in [0.3, 0.4) is 0 Å². The van der Waals surface area contributed by atoms with Crippen molar-refractivity contribution < 1.29 is 18.8 Å². The van der Waals surface area contributed by atoms with Gasteiger partial charge in [-0.3, -0.25) is 9.59 Å². The minimum Gasteiger partial charge on any atom is -0.497 e. The molecule has 1 N–H and O–H groups in total. The third-order valence-electron chi connectivity index (χ3n) is 5.52. The average Bonchev–Trinajstić information content (AvgIpc) is 3.30. The largest absolute Gasteiger partial charge is 0.497 e. The van der Waals surface area contributed by atoms with E-state index in [9.17, 15) is 9.59 Å². The molecule has 1 atom stereocenters. The molecule has 1 saturated heterocycles. The van der Waals surface area contributed by atoms with Gasteiger partial charge in [0.2, 0.25) is 23.5 Å². The number of likely N-dealkylation sites (tertiary alicyclic amines) is 1. The Kier molecular flexibility index (Phi) is 6.79. The molecule has 1 aliphatic rings. The van der Waals surface area contributed by atoms with Crippen LogP contribution in [0.15, 0.2) is 59.1 Å². The Morgan fingerprint density at radius 3 is 2.88 bits per heavy atom. The van der Waals surface area contributed by atoms with Crippen molar-refractivity contribution in [3.05, 3.63) is 66.1 Å². The molecule has 8 nitrogen and oxygen atoms in total. The summed E-state index contributed by atoms with van der Waals surface area (Å²) in [4.78, 5) is 31.2. The molecule has 166 valence electrons. The Morgan fingerprint density at radius 2 is 2.06 bits per heavy atom. The molecular formula is C24H26N4O4. The first-order valence-electron chi connectivity index (χ1n) is 10.7. The maximum absolute atomic E-state index is 12.7. The average molecular weight is 434 g/mol. The number of amides is 2. The Morgan fingerprint density at radius 1 is 1.22 bits per heavy atom. The summed E-state index contributed by atoms with van der Waals surface area (Å²) in [5.74, 6) is 1.53. The first kappa shape index (κ1) is 21.5. The van der Waals surface area contributed by atoms with Crippen LogP contribution in [0.1, 0.15) is 24.3 Å². The fourth-order valence-electron chi connectivity index (χ4n) is 3.77. The highest BCUT2D eigenvalue weighted by molar-refractivity contribution is 5.83. The second-order valence-electron chi connectivity index (χ2n) is 7.78. The number of hydrogen-bond donors (Lipinski definition) is 1. The topological polar surface area (TPSA) is 97.6 Å². The summed E-state index contributed by atoms with van der Waals surface area (Å²) in [6, 6.07) is 17.2. The first-order valence-corrected chi connectivity index (χ1v) is 10.7. The molecule has 0 radical (unpaired) electrons. The van der Waals surface area contributed by atoms with Crippen LogP contribution in [-0.4, -0.2) is 47.1 Å². The van der Waals surface area contributed by atoms with Crippen molar-refractivity contribution in [3.63, 3.8) is 0 Å². The molecule has 32 heavy (non-hydrogen) atoms. The monoisotopic (exact) mass is 434 g/mol. The number of piperidine rings is 1. The zero-order valence-electron chi connectivity index (χ0n) is 18.0. The lowest BCUT2D eigenvalue weighted by molar-refractivity contribution is -0.138. The van der Waals surface area contributed by atoms with Gasteiger partial charge in [-0.05, 0) is 24.1 Å². The Bertz CT molecular complexity index is 1070. The van der Waals surface area contributed by atoms with E-state index in [-0.39, 0.29) is 17.7 Å². The van der Waals surface area contributed by atoms with Crippen LogP contribution < -0.4 is 10.1 Å². The van der Waals surface area contributed by atoms with E-state index in [1.807, 2.05) is 54.6 Å². The first-order chi connectivity index (χ1) is 15.6. The van der Waals surface area contributed by atoms with Gasteiger partial charge in [0.1, 0.15) is 5.75 Å². The molecule has 2 heterocycles. The van der Waals surface area contributed by atoms with Crippen molar-refractivity contribution in [1.82, 2.24) is 20.4 Å². The Labute approximate surface area is 186 Å². The maximum Gasteiger partial charge on any atom is 0.228 e. The summed E-state index contributed by atoms with van der Waals surface area (Å²) < 4.78 is 10.5.